The van der Waals surface area contributed by atoms with Crippen molar-refractivity contribution in [2.24, 2.45) is 0 Å². The van der Waals surface area contributed by atoms with Crippen LogP contribution in [0.2, 0.25) is 0 Å². The first-order chi connectivity index (χ1) is 9.90. The maximum absolute atomic E-state index is 4.47. The van der Waals surface area contributed by atoms with Gasteiger partial charge in [-0.15, -0.1) is 0 Å². The molecule has 0 N–H and O–H groups in total. The Kier molecular flexibility index (Phi) is 3.56. The predicted octanol–water partition coefficient (Wildman–Crippen LogP) is 1.98. The average Bonchev–Trinajstić information content (AvgIpc) is 2.37. The van der Waals surface area contributed by atoms with E-state index in [1.165, 1.54) is 49.6 Å². The standard InChI is InChI=1S/C15H22N4S/c1-2-12(3-1)14-8-15(17-11-16-14)19-9-13(10-19)18-4-6-20-7-5-18/h8,11-13H,1-7,9-10H2. The Morgan fingerprint density at radius 3 is 2.60 bits per heavy atom. The van der Waals surface area contributed by atoms with Crippen LogP contribution >= 0.6 is 11.8 Å². The van der Waals surface area contributed by atoms with Gasteiger partial charge in [0.05, 0.1) is 0 Å². The molecule has 0 amide bonds. The van der Waals surface area contributed by atoms with E-state index in [0.29, 0.717) is 5.92 Å². The van der Waals surface area contributed by atoms with Gasteiger partial charge in [0.2, 0.25) is 0 Å². The molecule has 3 aliphatic rings. The molecular formula is C15H22N4S. The zero-order valence-corrected chi connectivity index (χ0v) is 12.7. The van der Waals surface area contributed by atoms with Crippen molar-refractivity contribution in [3.63, 3.8) is 0 Å². The number of thioether (sulfide) groups is 1. The second-order valence-electron chi connectivity index (χ2n) is 6.14. The molecular weight excluding hydrogens is 268 g/mol. The fourth-order valence-corrected chi connectivity index (χ4v) is 4.21. The molecule has 4 nitrogen and oxygen atoms in total. The summed E-state index contributed by atoms with van der Waals surface area (Å²) in [7, 11) is 0. The van der Waals surface area contributed by atoms with Crippen LogP contribution in [0.1, 0.15) is 30.9 Å². The normalized spacial score (nSPS) is 25.3. The highest BCUT2D eigenvalue weighted by atomic mass is 32.2. The molecule has 0 bridgehead atoms. The summed E-state index contributed by atoms with van der Waals surface area (Å²) in [5, 5.41) is 0. The summed E-state index contributed by atoms with van der Waals surface area (Å²) in [5.41, 5.74) is 1.26. The van der Waals surface area contributed by atoms with E-state index in [1.807, 2.05) is 0 Å². The summed E-state index contributed by atoms with van der Waals surface area (Å²) in [6, 6.07) is 2.98. The van der Waals surface area contributed by atoms with Gasteiger partial charge in [0, 0.05) is 61.4 Å². The molecule has 1 aromatic heterocycles. The molecule has 20 heavy (non-hydrogen) atoms. The summed E-state index contributed by atoms with van der Waals surface area (Å²) < 4.78 is 0. The highest BCUT2D eigenvalue weighted by Crippen LogP contribution is 2.36. The number of nitrogens with zero attached hydrogens (tertiary/aromatic N) is 4. The summed E-state index contributed by atoms with van der Waals surface area (Å²) in [6.07, 6.45) is 5.74. The molecule has 3 heterocycles. The van der Waals surface area contributed by atoms with E-state index in [9.17, 15) is 0 Å². The number of aromatic nitrogens is 2. The summed E-state index contributed by atoms with van der Waals surface area (Å²) in [4.78, 5) is 14.0. The summed E-state index contributed by atoms with van der Waals surface area (Å²) in [6.45, 7) is 4.82. The van der Waals surface area contributed by atoms with E-state index in [-0.39, 0.29) is 0 Å². The Bertz CT molecular complexity index is 465. The molecule has 4 rings (SSSR count). The van der Waals surface area contributed by atoms with Gasteiger partial charge in [0.15, 0.2) is 0 Å². The van der Waals surface area contributed by atoms with Crippen LogP contribution in [0.3, 0.4) is 0 Å². The largest absolute Gasteiger partial charge is 0.353 e. The number of hydrogen-bond donors (Lipinski definition) is 0. The second-order valence-corrected chi connectivity index (χ2v) is 7.36. The fraction of sp³-hybridized carbons (Fsp3) is 0.733. The maximum Gasteiger partial charge on any atom is 0.132 e. The van der Waals surface area contributed by atoms with Crippen LogP contribution in [0.25, 0.3) is 0 Å². The minimum Gasteiger partial charge on any atom is -0.353 e. The second kappa shape index (κ2) is 5.53. The highest BCUT2D eigenvalue weighted by molar-refractivity contribution is 7.99. The van der Waals surface area contributed by atoms with E-state index in [0.717, 1.165) is 24.9 Å². The van der Waals surface area contributed by atoms with Crippen LogP contribution in [-0.2, 0) is 0 Å². The zero-order chi connectivity index (χ0) is 13.4. The average molecular weight is 290 g/mol. The summed E-state index contributed by atoms with van der Waals surface area (Å²) in [5.74, 6) is 4.45. The van der Waals surface area contributed by atoms with Crippen LogP contribution in [0.4, 0.5) is 5.82 Å². The Morgan fingerprint density at radius 2 is 1.90 bits per heavy atom. The Labute approximate surface area is 125 Å². The lowest BCUT2D eigenvalue weighted by Crippen LogP contribution is -2.61. The Hall–Kier alpha value is -0.810. The highest BCUT2D eigenvalue weighted by Gasteiger charge is 2.33. The molecule has 2 aliphatic heterocycles. The Morgan fingerprint density at radius 1 is 1.10 bits per heavy atom. The summed E-state index contributed by atoms with van der Waals surface area (Å²) >= 11 is 2.09. The van der Waals surface area contributed by atoms with Crippen molar-refractivity contribution >= 4 is 17.6 Å². The molecule has 0 spiro atoms. The third-order valence-electron chi connectivity index (χ3n) is 4.95. The van der Waals surface area contributed by atoms with Crippen molar-refractivity contribution in [3.05, 3.63) is 18.1 Å². The van der Waals surface area contributed by atoms with Gasteiger partial charge in [0.25, 0.3) is 0 Å². The van der Waals surface area contributed by atoms with Gasteiger partial charge in [-0.05, 0) is 12.8 Å². The van der Waals surface area contributed by atoms with E-state index < -0.39 is 0 Å². The first-order valence-corrected chi connectivity index (χ1v) is 8.94. The first-order valence-electron chi connectivity index (χ1n) is 7.79. The first kappa shape index (κ1) is 12.9. The van der Waals surface area contributed by atoms with Gasteiger partial charge in [-0.3, -0.25) is 4.90 Å². The van der Waals surface area contributed by atoms with Crippen LogP contribution in [-0.4, -0.2) is 58.6 Å². The maximum atomic E-state index is 4.47. The van der Waals surface area contributed by atoms with E-state index >= 15 is 0 Å². The number of rotatable bonds is 3. The zero-order valence-electron chi connectivity index (χ0n) is 11.9. The fourth-order valence-electron chi connectivity index (χ4n) is 3.28. The molecule has 108 valence electrons. The van der Waals surface area contributed by atoms with Crippen molar-refractivity contribution in [2.75, 3.05) is 42.6 Å². The minimum atomic E-state index is 0.702. The van der Waals surface area contributed by atoms with Crippen LogP contribution in [0.5, 0.6) is 0 Å². The van der Waals surface area contributed by atoms with Gasteiger partial charge in [-0.2, -0.15) is 11.8 Å². The molecule has 0 radical (unpaired) electrons. The predicted molar refractivity (Wildman–Crippen MR) is 83.5 cm³/mol. The van der Waals surface area contributed by atoms with E-state index in [2.05, 4.69) is 37.6 Å². The van der Waals surface area contributed by atoms with Gasteiger partial charge in [-0.1, -0.05) is 6.42 Å². The molecule has 0 atom stereocenters. The van der Waals surface area contributed by atoms with Crippen LogP contribution in [0.15, 0.2) is 12.4 Å². The third-order valence-corrected chi connectivity index (χ3v) is 5.89. The van der Waals surface area contributed by atoms with E-state index in [4.69, 9.17) is 0 Å². The van der Waals surface area contributed by atoms with Crippen molar-refractivity contribution in [3.8, 4) is 0 Å². The molecule has 0 aromatic carbocycles. The molecule has 3 fully saturated rings. The number of anilines is 1. The topological polar surface area (TPSA) is 32.3 Å². The molecule has 1 saturated carbocycles. The van der Waals surface area contributed by atoms with Gasteiger partial charge < -0.3 is 4.90 Å². The molecule has 0 unspecified atom stereocenters. The lowest BCUT2D eigenvalue weighted by molar-refractivity contribution is 0.182. The smallest absolute Gasteiger partial charge is 0.132 e. The van der Waals surface area contributed by atoms with Gasteiger partial charge in [-0.25, -0.2) is 9.97 Å². The lowest BCUT2D eigenvalue weighted by Gasteiger charge is -2.47. The molecule has 5 heteroatoms. The van der Waals surface area contributed by atoms with Crippen molar-refractivity contribution in [1.82, 2.24) is 14.9 Å². The van der Waals surface area contributed by atoms with Crippen LogP contribution in [0, 0.1) is 0 Å². The third kappa shape index (κ3) is 2.42. The van der Waals surface area contributed by atoms with E-state index in [1.54, 1.807) is 6.33 Å². The molecule has 1 aliphatic carbocycles. The SMILES string of the molecule is c1nc(C2CCC2)cc(N2CC(N3CCSCC3)C2)n1. The van der Waals surface area contributed by atoms with Crippen molar-refractivity contribution in [2.45, 2.75) is 31.2 Å². The van der Waals surface area contributed by atoms with Crippen LogP contribution < -0.4 is 4.90 Å². The van der Waals surface area contributed by atoms with Crippen molar-refractivity contribution < 1.29 is 0 Å². The molecule has 1 aromatic rings. The lowest BCUT2D eigenvalue weighted by atomic mass is 9.83. The quantitative estimate of drug-likeness (QED) is 0.850. The van der Waals surface area contributed by atoms with Crippen molar-refractivity contribution in [1.29, 1.82) is 0 Å². The number of hydrogen-bond acceptors (Lipinski definition) is 5. The van der Waals surface area contributed by atoms with Gasteiger partial charge in [0.1, 0.15) is 12.1 Å². The minimum absolute atomic E-state index is 0.702. The monoisotopic (exact) mass is 290 g/mol. The van der Waals surface area contributed by atoms with Gasteiger partial charge >= 0.3 is 0 Å². The molecule has 2 saturated heterocycles. The Balaban J connectivity index is 1.37.